The molecule has 1 aliphatic carbocycles. The molecule has 0 radical (unpaired) electrons. The van der Waals surface area contributed by atoms with Gasteiger partial charge in [-0.2, -0.15) is 0 Å². The van der Waals surface area contributed by atoms with Crippen LogP contribution in [-0.2, 0) is 4.79 Å². The lowest BCUT2D eigenvalue weighted by molar-refractivity contribution is -0.123. The molecule has 114 valence electrons. The van der Waals surface area contributed by atoms with Crippen LogP contribution in [0, 0.1) is 13.8 Å². The van der Waals surface area contributed by atoms with Crippen molar-refractivity contribution >= 4 is 5.91 Å². The smallest absolute Gasteiger partial charge is 0.257 e. The van der Waals surface area contributed by atoms with Crippen LogP contribution in [0.1, 0.15) is 43.2 Å². The second-order valence-corrected chi connectivity index (χ2v) is 5.72. The van der Waals surface area contributed by atoms with Crippen LogP contribution in [0.2, 0.25) is 0 Å². The first-order chi connectivity index (χ1) is 10.2. The number of aryl methyl sites for hydroxylation is 2. The molecular weight excluding hydrogens is 262 g/mol. The summed E-state index contributed by atoms with van der Waals surface area (Å²) in [6, 6.07) is 5.99. The summed E-state index contributed by atoms with van der Waals surface area (Å²) in [5, 5.41) is 2.93. The van der Waals surface area contributed by atoms with Gasteiger partial charge in [-0.05, 0) is 57.1 Å². The van der Waals surface area contributed by atoms with Crippen LogP contribution in [0.3, 0.4) is 0 Å². The number of carbonyl (C=O) groups excluding carboxylic acids is 1. The van der Waals surface area contributed by atoms with Crippen LogP contribution < -0.4 is 10.1 Å². The largest absolute Gasteiger partial charge is 0.483 e. The van der Waals surface area contributed by atoms with Gasteiger partial charge in [0.2, 0.25) is 0 Å². The zero-order valence-corrected chi connectivity index (χ0v) is 13.1. The van der Waals surface area contributed by atoms with Gasteiger partial charge in [-0.1, -0.05) is 29.8 Å². The Hall–Kier alpha value is -1.77. The molecule has 3 nitrogen and oxygen atoms in total. The number of ether oxygens (including phenoxy) is 1. The maximum absolute atomic E-state index is 11.8. The van der Waals surface area contributed by atoms with E-state index in [1.54, 1.807) is 0 Å². The summed E-state index contributed by atoms with van der Waals surface area (Å²) < 4.78 is 5.65. The molecule has 2 rings (SSSR count). The van der Waals surface area contributed by atoms with Crippen LogP contribution >= 0.6 is 0 Å². The standard InChI is InChI=1S/C18H25NO2/c1-14-7-6-8-15(2)18(14)21-13-17(20)19-12-11-16-9-4-3-5-10-16/h6-9H,3-5,10-13H2,1-2H3,(H,19,20). The lowest BCUT2D eigenvalue weighted by Crippen LogP contribution is -2.30. The highest BCUT2D eigenvalue weighted by atomic mass is 16.5. The van der Waals surface area contributed by atoms with E-state index in [-0.39, 0.29) is 12.5 Å². The van der Waals surface area contributed by atoms with Crippen molar-refractivity contribution in [2.75, 3.05) is 13.2 Å². The fraction of sp³-hybridized carbons (Fsp3) is 0.500. The molecule has 1 amide bonds. The molecule has 1 aromatic carbocycles. The Kier molecular flexibility index (Phi) is 5.85. The summed E-state index contributed by atoms with van der Waals surface area (Å²) in [6.07, 6.45) is 8.26. The quantitative estimate of drug-likeness (QED) is 0.810. The molecule has 1 N–H and O–H groups in total. The van der Waals surface area contributed by atoms with Gasteiger partial charge >= 0.3 is 0 Å². The summed E-state index contributed by atoms with van der Waals surface area (Å²) in [6.45, 7) is 4.79. The van der Waals surface area contributed by atoms with Crippen LogP contribution in [0.4, 0.5) is 0 Å². The Labute approximate surface area is 127 Å². The number of para-hydroxylation sites is 1. The molecule has 0 spiro atoms. The lowest BCUT2D eigenvalue weighted by atomic mass is 9.97. The van der Waals surface area contributed by atoms with Gasteiger partial charge in [-0.25, -0.2) is 0 Å². The van der Waals surface area contributed by atoms with Crippen molar-refractivity contribution in [2.45, 2.75) is 46.0 Å². The normalized spacial score (nSPS) is 14.5. The van der Waals surface area contributed by atoms with Crippen LogP contribution in [0.15, 0.2) is 29.8 Å². The Morgan fingerprint density at radius 2 is 2.00 bits per heavy atom. The zero-order chi connectivity index (χ0) is 15.1. The number of hydrogen-bond donors (Lipinski definition) is 1. The van der Waals surface area contributed by atoms with Crippen molar-refractivity contribution in [3.05, 3.63) is 41.0 Å². The third-order valence-electron chi connectivity index (χ3n) is 3.91. The maximum atomic E-state index is 11.8. The van der Waals surface area contributed by atoms with E-state index in [0.717, 1.165) is 23.3 Å². The van der Waals surface area contributed by atoms with E-state index in [2.05, 4.69) is 11.4 Å². The van der Waals surface area contributed by atoms with Crippen molar-refractivity contribution in [1.29, 1.82) is 0 Å². The minimum atomic E-state index is -0.0472. The summed E-state index contributed by atoms with van der Waals surface area (Å²) in [5.74, 6) is 0.775. The van der Waals surface area contributed by atoms with E-state index in [9.17, 15) is 4.79 Å². The van der Waals surface area contributed by atoms with E-state index in [1.165, 1.54) is 31.3 Å². The first-order valence-corrected chi connectivity index (χ1v) is 7.80. The van der Waals surface area contributed by atoms with Gasteiger partial charge in [-0.15, -0.1) is 0 Å². The topological polar surface area (TPSA) is 38.3 Å². The van der Waals surface area contributed by atoms with E-state index >= 15 is 0 Å². The van der Waals surface area contributed by atoms with Gasteiger partial charge in [-0.3, -0.25) is 4.79 Å². The second-order valence-electron chi connectivity index (χ2n) is 5.72. The molecule has 1 aromatic rings. The number of rotatable bonds is 6. The average Bonchev–Trinajstić information content (AvgIpc) is 2.48. The lowest BCUT2D eigenvalue weighted by Gasteiger charge is -2.14. The highest BCUT2D eigenvalue weighted by Crippen LogP contribution is 2.22. The molecule has 0 saturated heterocycles. The van der Waals surface area contributed by atoms with E-state index in [4.69, 9.17) is 4.74 Å². The van der Waals surface area contributed by atoms with E-state index in [1.807, 2.05) is 32.0 Å². The first kappa shape index (κ1) is 15.6. The molecule has 0 saturated carbocycles. The number of hydrogen-bond acceptors (Lipinski definition) is 2. The average molecular weight is 287 g/mol. The Morgan fingerprint density at radius 3 is 2.67 bits per heavy atom. The SMILES string of the molecule is Cc1cccc(C)c1OCC(=O)NCCC1=CCCCC1. The van der Waals surface area contributed by atoms with Crippen LogP contribution in [0.25, 0.3) is 0 Å². The van der Waals surface area contributed by atoms with Gasteiger partial charge in [0.1, 0.15) is 5.75 Å². The van der Waals surface area contributed by atoms with Crippen LogP contribution in [-0.4, -0.2) is 19.1 Å². The molecule has 3 heteroatoms. The predicted molar refractivity (Wildman–Crippen MR) is 85.6 cm³/mol. The second kappa shape index (κ2) is 7.87. The van der Waals surface area contributed by atoms with Crippen molar-refractivity contribution in [1.82, 2.24) is 5.32 Å². The summed E-state index contributed by atoms with van der Waals surface area (Å²) in [4.78, 5) is 11.8. The van der Waals surface area contributed by atoms with Gasteiger partial charge in [0.25, 0.3) is 5.91 Å². The van der Waals surface area contributed by atoms with Gasteiger partial charge in [0.15, 0.2) is 6.61 Å². The molecule has 0 atom stereocenters. The highest BCUT2D eigenvalue weighted by molar-refractivity contribution is 5.77. The van der Waals surface area contributed by atoms with E-state index < -0.39 is 0 Å². The Bertz CT molecular complexity index is 500. The van der Waals surface area contributed by atoms with E-state index in [0.29, 0.717) is 6.54 Å². The van der Waals surface area contributed by atoms with Gasteiger partial charge < -0.3 is 10.1 Å². The van der Waals surface area contributed by atoms with Crippen molar-refractivity contribution in [2.24, 2.45) is 0 Å². The third kappa shape index (κ3) is 4.92. The minimum Gasteiger partial charge on any atom is -0.483 e. The Morgan fingerprint density at radius 1 is 1.24 bits per heavy atom. The van der Waals surface area contributed by atoms with Crippen LogP contribution in [0.5, 0.6) is 5.75 Å². The van der Waals surface area contributed by atoms with Gasteiger partial charge in [0, 0.05) is 6.54 Å². The van der Waals surface area contributed by atoms with Crippen molar-refractivity contribution < 1.29 is 9.53 Å². The molecule has 0 heterocycles. The van der Waals surface area contributed by atoms with Crippen molar-refractivity contribution in [3.63, 3.8) is 0 Å². The predicted octanol–water partition coefficient (Wildman–Crippen LogP) is 3.69. The highest BCUT2D eigenvalue weighted by Gasteiger charge is 2.08. The molecule has 0 unspecified atom stereocenters. The monoisotopic (exact) mass is 287 g/mol. The van der Waals surface area contributed by atoms with Gasteiger partial charge in [0.05, 0.1) is 0 Å². The number of amides is 1. The summed E-state index contributed by atoms with van der Waals surface area (Å²) in [7, 11) is 0. The number of carbonyl (C=O) groups is 1. The summed E-state index contributed by atoms with van der Waals surface area (Å²) in [5.41, 5.74) is 3.61. The zero-order valence-electron chi connectivity index (χ0n) is 13.1. The molecule has 0 fully saturated rings. The first-order valence-electron chi connectivity index (χ1n) is 7.80. The summed E-state index contributed by atoms with van der Waals surface area (Å²) >= 11 is 0. The Balaban J connectivity index is 1.71. The molecule has 0 aliphatic heterocycles. The minimum absolute atomic E-state index is 0.0472. The number of nitrogens with one attached hydrogen (secondary N) is 1. The molecule has 0 bridgehead atoms. The number of allylic oxidation sites excluding steroid dienone is 1. The molecule has 1 aliphatic rings. The maximum Gasteiger partial charge on any atom is 0.257 e. The molecule has 0 aromatic heterocycles. The number of benzene rings is 1. The fourth-order valence-corrected chi connectivity index (χ4v) is 2.71. The molecule has 21 heavy (non-hydrogen) atoms. The molecular formula is C18H25NO2. The fourth-order valence-electron chi connectivity index (χ4n) is 2.71. The van der Waals surface area contributed by atoms with Crippen molar-refractivity contribution in [3.8, 4) is 5.75 Å². The third-order valence-corrected chi connectivity index (χ3v) is 3.91.